The first-order valence-corrected chi connectivity index (χ1v) is 8.75. The summed E-state index contributed by atoms with van der Waals surface area (Å²) >= 11 is 0. The Hall–Kier alpha value is -2.04. The molecule has 0 spiro atoms. The van der Waals surface area contributed by atoms with Crippen LogP contribution in [-0.2, 0) is 6.54 Å². The van der Waals surface area contributed by atoms with Crippen LogP contribution in [0.5, 0.6) is 11.5 Å². The van der Waals surface area contributed by atoms with Crippen molar-refractivity contribution in [2.75, 3.05) is 20.2 Å². The lowest BCUT2D eigenvalue weighted by molar-refractivity contribution is 0.0475. The fourth-order valence-electron chi connectivity index (χ4n) is 3.92. The summed E-state index contributed by atoms with van der Waals surface area (Å²) in [5, 5.41) is 20.6. The van der Waals surface area contributed by atoms with Gasteiger partial charge in [0.05, 0.1) is 13.2 Å². The summed E-state index contributed by atoms with van der Waals surface area (Å²) in [7, 11) is 1.55. The van der Waals surface area contributed by atoms with Gasteiger partial charge in [0.25, 0.3) is 0 Å². The zero-order chi connectivity index (χ0) is 18.0. The predicted molar refractivity (Wildman–Crippen MR) is 98.9 cm³/mol. The van der Waals surface area contributed by atoms with Crippen LogP contribution in [0.1, 0.15) is 30.9 Å². The minimum absolute atomic E-state index is 0.146. The molecule has 1 heterocycles. The highest BCUT2D eigenvalue weighted by atomic mass is 16.5. The van der Waals surface area contributed by atoms with E-state index in [9.17, 15) is 10.2 Å². The second-order valence-electron chi connectivity index (χ2n) is 7.32. The van der Waals surface area contributed by atoms with Crippen molar-refractivity contribution in [3.63, 3.8) is 0 Å². The molecule has 2 aromatic carbocycles. The van der Waals surface area contributed by atoms with E-state index >= 15 is 0 Å². The molecule has 0 bridgehead atoms. The number of hydrogen-bond donors (Lipinski definition) is 2. The van der Waals surface area contributed by atoms with Gasteiger partial charge in [0, 0.05) is 31.0 Å². The summed E-state index contributed by atoms with van der Waals surface area (Å²) in [5.74, 6) is 0.768. The Balaban J connectivity index is 1.87. The number of rotatable bonds is 5. The van der Waals surface area contributed by atoms with Gasteiger partial charge >= 0.3 is 0 Å². The molecule has 1 unspecified atom stereocenters. The van der Waals surface area contributed by atoms with Crippen molar-refractivity contribution in [3.8, 4) is 11.5 Å². The van der Waals surface area contributed by atoms with Crippen LogP contribution in [0, 0.1) is 5.41 Å². The third-order valence-electron chi connectivity index (χ3n) is 5.61. The van der Waals surface area contributed by atoms with E-state index in [1.54, 1.807) is 19.2 Å². The number of aromatic hydroxyl groups is 1. The highest BCUT2D eigenvalue weighted by molar-refractivity contribution is 5.43. The van der Waals surface area contributed by atoms with Crippen molar-refractivity contribution in [1.82, 2.24) is 4.90 Å². The van der Waals surface area contributed by atoms with E-state index in [2.05, 4.69) is 36.1 Å². The van der Waals surface area contributed by atoms with Gasteiger partial charge in [-0.25, -0.2) is 0 Å². The first-order valence-electron chi connectivity index (χ1n) is 8.75. The maximum absolute atomic E-state index is 10.5. The average Bonchev–Trinajstić information content (AvgIpc) is 2.93. The van der Waals surface area contributed by atoms with Gasteiger partial charge in [-0.1, -0.05) is 43.3 Å². The predicted octanol–water partition coefficient (Wildman–Crippen LogP) is 3.39. The summed E-state index contributed by atoms with van der Waals surface area (Å²) in [6.07, 6.45) is -0.442. The SMILES string of the molecule is COc1ccc(C2CN(Cc3ccccc3)C[C@@]2(C)[C@@H](C)O)cc1O. The van der Waals surface area contributed by atoms with Gasteiger partial charge in [-0.2, -0.15) is 0 Å². The minimum Gasteiger partial charge on any atom is -0.504 e. The van der Waals surface area contributed by atoms with Crippen LogP contribution >= 0.6 is 0 Å². The fraction of sp³-hybridized carbons (Fsp3) is 0.429. The van der Waals surface area contributed by atoms with Crippen molar-refractivity contribution >= 4 is 0 Å². The molecule has 0 amide bonds. The number of phenols is 1. The topological polar surface area (TPSA) is 52.9 Å². The summed E-state index contributed by atoms with van der Waals surface area (Å²) in [4.78, 5) is 2.38. The largest absolute Gasteiger partial charge is 0.504 e. The molecular weight excluding hydrogens is 314 g/mol. The number of likely N-dealkylation sites (tertiary alicyclic amines) is 1. The molecule has 2 aromatic rings. The van der Waals surface area contributed by atoms with E-state index in [1.165, 1.54) is 5.56 Å². The van der Waals surface area contributed by atoms with Crippen molar-refractivity contribution < 1.29 is 14.9 Å². The molecule has 4 nitrogen and oxygen atoms in total. The number of benzene rings is 2. The van der Waals surface area contributed by atoms with Crippen molar-refractivity contribution in [1.29, 1.82) is 0 Å². The minimum atomic E-state index is -0.442. The quantitative estimate of drug-likeness (QED) is 0.875. The van der Waals surface area contributed by atoms with Gasteiger partial charge in [0.2, 0.25) is 0 Å². The summed E-state index contributed by atoms with van der Waals surface area (Å²) in [5.41, 5.74) is 2.04. The van der Waals surface area contributed by atoms with Crippen molar-refractivity contribution in [2.45, 2.75) is 32.4 Å². The lowest BCUT2D eigenvalue weighted by Crippen LogP contribution is -2.36. The van der Waals surface area contributed by atoms with Crippen LogP contribution in [0.4, 0.5) is 0 Å². The van der Waals surface area contributed by atoms with Gasteiger partial charge in [0.1, 0.15) is 0 Å². The van der Waals surface area contributed by atoms with E-state index in [4.69, 9.17) is 4.74 Å². The molecule has 1 fully saturated rings. The van der Waals surface area contributed by atoms with Crippen LogP contribution in [0.15, 0.2) is 48.5 Å². The van der Waals surface area contributed by atoms with Crippen LogP contribution in [-0.4, -0.2) is 41.4 Å². The van der Waals surface area contributed by atoms with Crippen LogP contribution < -0.4 is 4.74 Å². The third-order valence-corrected chi connectivity index (χ3v) is 5.61. The monoisotopic (exact) mass is 341 g/mol. The number of phenolic OH excluding ortho intramolecular Hbond substituents is 1. The molecule has 134 valence electrons. The van der Waals surface area contributed by atoms with Crippen molar-refractivity contribution in [2.24, 2.45) is 5.41 Å². The molecule has 0 aliphatic carbocycles. The molecule has 1 aliphatic heterocycles. The first kappa shape index (κ1) is 17.8. The molecule has 4 heteroatoms. The summed E-state index contributed by atoms with van der Waals surface area (Å²) in [6.45, 7) is 6.53. The molecule has 3 atom stereocenters. The Morgan fingerprint density at radius 3 is 2.56 bits per heavy atom. The van der Waals surface area contributed by atoms with Gasteiger partial charge in [-0.15, -0.1) is 0 Å². The number of methoxy groups -OCH3 is 1. The second kappa shape index (κ2) is 7.06. The lowest BCUT2D eigenvalue weighted by Gasteiger charge is -2.34. The molecule has 0 saturated carbocycles. The zero-order valence-corrected chi connectivity index (χ0v) is 15.1. The highest BCUT2D eigenvalue weighted by Gasteiger charge is 2.46. The molecule has 0 aromatic heterocycles. The van der Waals surface area contributed by atoms with Gasteiger partial charge < -0.3 is 14.9 Å². The van der Waals surface area contributed by atoms with Crippen LogP contribution in [0.2, 0.25) is 0 Å². The molecule has 0 radical (unpaired) electrons. The highest BCUT2D eigenvalue weighted by Crippen LogP contribution is 2.46. The average molecular weight is 341 g/mol. The smallest absolute Gasteiger partial charge is 0.160 e. The Bertz CT molecular complexity index is 716. The van der Waals surface area contributed by atoms with E-state index < -0.39 is 6.10 Å². The maximum atomic E-state index is 10.5. The Morgan fingerprint density at radius 2 is 1.96 bits per heavy atom. The normalized spacial score (nSPS) is 25.0. The second-order valence-corrected chi connectivity index (χ2v) is 7.32. The van der Waals surface area contributed by atoms with Gasteiger partial charge in [-0.05, 0) is 30.2 Å². The van der Waals surface area contributed by atoms with E-state index in [0.717, 1.165) is 25.2 Å². The van der Waals surface area contributed by atoms with E-state index in [1.807, 2.05) is 19.1 Å². The number of hydrogen-bond acceptors (Lipinski definition) is 4. The van der Waals surface area contributed by atoms with Crippen molar-refractivity contribution in [3.05, 3.63) is 59.7 Å². The Morgan fingerprint density at radius 1 is 1.24 bits per heavy atom. The Kier molecular flexibility index (Phi) is 5.02. The number of nitrogens with zero attached hydrogens (tertiary/aromatic N) is 1. The van der Waals surface area contributed by atoms with Crippen LogP contribution in [0.3, 0.4) is 0 Å². The maximum Gasteiger partial charge on any atom is 0.160 e. The zero-order valence-electron chi connectivity index (χ0n) is 15.1. The molecule has 1 saturated heterocycles. The fourth-order valence-corrected chi connectivity index (χ4v) is 3.92. The number of aliphatic hydroxyl groups is 1. The van der Waals surface area contributed by atoms with E-state index in [0.29, 0.717) is 5.75 Å². The summed E-state index contributed by atoms with van der Waals surface area (Å²) < 4.78 is 5.15. The standard InChI is InChI=1S/C21H27NO3/c1-15(23)21(2)14-22(12-16-7-5-4-6-8-16)13-18(21)17-9-10-20(25-3)19(24)11-17/h4-11,15,18,23-24H,12-14H2,1-3H3/t15-,18?,21+/m1/s1. The molecule has 25 heavy (non-hydrogen) atoms. The van der Waals surface area contributed by atoms with Gasteiger partial charge in [0.15, 0.2) is 11.5 Å². The molecule has 3 rings (SSSR count). The van der Waals surface area contributed by atoms with E-state index in [-0.39, 0.29) is 17.1 Å². The molecular formula is C21H27NO3. The summed E-state index contributed by atoms with van der Waals surface area (Å²) in [6, 6.07) is 16.0. The number of ether oxygens (including phenoxy) is 1. The number of aliphatic hydroxyl groups excluding tert-OH is 1. The third kappa shape index (κ3) is 3.51. The first-order chi connectivity index (χ1) is 11.9. The molecule has 1 aliphatic rings. The Labute approximate surface area is 149 Å². The van der Waals surface area contributed by atoms with Gasteiger partial charge in [-0.3, -0.25) is 4.90 Å². The lowest BCUT2D eigenvalue weighted by atomic mass is 9.72. The van der Waals surface area contributed by atoms with Crippen LogP contribution in [0.25, 0.3) is 0 Å². The molecule has 2 N–H and O–H groups in total.